The molecular weight excluding hydrogens is 624 g/mol. The normalized spacial score (nSPS) is 23.9. The quantitative estimate of drug-likeness (QED) is 0.230. The molecule has 1 heterocycles. The number of anilines is 1. The highest BCUT2D eigenvalue weighted by molar-refractivity contribution is 7.89. The van der Waals surface area contributed by atoms with E-state index in [1.165, 1.54) is 11.1 Å². The zero-order valence-corrected chi connectivity index (χ0v) is 27.3. The van der Waals surface area contributed by atoms with Crippen LogP contribution in [0.2, 0.25) is 5.02 Å². The number of aryl methyl sites for hydroxylation is 1. The number of aliphatic hydroxyl groups excluding tert-OH is 1. The first-order valence-corrected chi connectivity index (χ1v) is 18.0. The molecule has 3 aliphatic rings. The van der Waals surface area contributed by atoms with Crippen molar-refractivity contribution in [2.75, 3.05) is 30.3 Å². The van der Waals surface area contributed by atoms with Gasteiger partial charge in [-0.15, -0.1) is 0 Å². The van der Waals surface area contributed by atoms with Crippen molar-refractivity contribution < 1.29 is 28.2 Å². The summed E-state index contributed by atoms with van der Waals surface area (Å²) in [4.78, 5) is 14.2. The molecule has 8 nitrogen and oxygen atoms in total. The van der Waals surface area contributed by atoms with Crippen LogP contribution in [0.3, 0.4) is 0 Å². The zero-order valence-electron chi connectivity index (χ0n) is 25.7. The van der Waals surface area contributed by atoms with E-state index >= 15 is 0 Å². The summed E-state index contributed by atoms with van der Waals surface area (Å²) in [5.74, 6) is -0.598. The first kappa shape index (κ1) is 32.6. The van der Waals surface area contributed by atoms with Crippen molar-refractivity contribution in [2.45, 2.75) is 56.0 Å². The highest BCUT2D eigenvalue weighted by Gasteiger charge is 2.44. The molecule has 0 unspecified atom stereocenters. The molecule has 5 atom stereocenters. The summed E-state index contributed by atoms with van der Waals surface area (Å²) in [5.41, 5.74) is 4.05. The number of aliphatic hydroxyl groups is 1. The van der Waals surface area contributed by atoms with Gasteiger partial charge in [0.25, 0.3) is 0 Å². The van der Waals surface area contributed by atoms with E-state index < -0.39 is 22.1 Å². The fourth-order valence-electron chi connectivity index (χ4n) is 7.63. The van der Waals surface area contributed by atoms with E-state index in [0.717, 1.165) is 48.4 Å². The van der Waals surface area contributed by atoms with Crippen LogP contribution in [-0.2, 0) is 21.9 Å². The monoisotopic (exact) mass is 664 g/mol. The fourth-order valence-corrected chi connectivity index (χ4v) is 8.72. The standard InChI is InChI=1S/C36H41ClN2O6S/c37-29-13-15-31-25(18-29)9-5-17-36(31)22-39(32-19-26(35(41)42)12-16-34(32)45-23-36)20-27-11-14-30(27)33(40)10-4-8-28(21-46(38,43)44)24-6-2-1-3-7-24/h1-4,6-7,10,12-13,15-16,18-19,27-28,30,33,40H,5,8-9,11,14,17,20-23H2,(H,41,42)(H2,38,43,44)/b10-4+/t27-,28+,30+,33-,36-/m0/s1. The largest absolute Gasteiger partial charge is 0.490 e. The topological polar surface area (TPSA) is 130 Å². The first-order chi connectivity index (χ1) is 22.0. The number of hydrogen-bond acceptors (Lipinski definition) is 6. The van der Waals surface area contributed by atoms with E-state index in [1.54, 1.807) is 24.3 Å². The molecule has 3 aromatic carbocycles. The van der Waals surface area contributed by atoms with Crippen LogP contribution in [0.15, 0.2) is 78.9 Å². The Hall–Kier alpha value is -3.37. The molecule has 0 radical (unpaired) electrons. The minimum atomic E-state index is -3.68. The highest BCUT2D eigenvalue weighted by Crippen LogP contribution is 2.46. The first-order valence-electron chi connectivity index (χ1n) is 16.0. The number of carboxylic acids is 1. The third-order valence-corrected chi connectivity index (χ3v) is 11.2. The van der Waals surface area contributed by atoms with Gasteiger partial charge in [-0.3, -0.25) is 0 Å². The Labute approximate surface area is 275 Å². The number of ether oxygens (including phenoxy) is 1. The number of rotatable bonds is 10. The summed E-state index contributed by atoms with van der Waals surface area (Å²) >= 11 is 6.38. The van der Waals surface area contributed by atoms with Gasteiger partial charge >= 0.3 is 5.97 Å². The van der Waals surface area contributed by atoms with Crippen LogP contribution >= 0.6 is 11.6 Å². The van der Waals surface area contributed by atoms with Gasteiger partial charge in [0.05, 0.1) is 29.7 Å². The number of carbonyl (C=O) groups is 1. The Balaban J connectivity index is 1.22. The van der Waals surface area contributed by atoms with Crippen molar-refractivity contribution in [3.05, 3.63) is 106 Å². The third-order valence-electron chi connectivity index (χ3n) is 10.1. The molecule has 0 bridgehead atoms. The van der Waals surface area contributed by atoms with Crippen LogP contribution in [0.25, 0.3) is 0 Å². The molecule has 6 rings (SSSR count). The number of aromatic carboxylic acids is 1. The Bertz CT molecular complexity index is 1710. The van der Waals surface area contributed by atoms with Crippen LogP contribution < -0.4 is 14.8 Å². The summed E-state index contributed by atoms with van der Waals surface area (Å²) in [7, 11) is -3.68. The van der Waals surface area contributed by atoms with Gasteiger partial charge in [0.1, 0.15) is 5.75 Å². The number of nitrogens with two attached hydrogens (primary N) is 1. The molecule has 3 aromatic rings. The van der Waals surface area contributed by atoms with Crippen molar-refractivity contribution in [3.8, 4) is 5.75 Å². The van der Waals surface area contributed by atoms with Gasteiger partial charge < -0.3 is 19.8 Å². The average Bonchev–Trinajstić information content (AvgIpc) is 3.15. The Morgan fingerprint density at radius 1 is 1.13 bits per heavy atom. The maximum atomic E-state index is 12.0. The van der Waals surface area contributed by atoms with E-state index in [9.17, 15) is 23.4 Å². The lowest BCUT2D eigenvalue weighted by Crippen LogP contribution is -2.49. The summed E-state index contributed by atoms with van der Waals surface area (Å²) < 4.78 is 30.3. The van der Waals surface area contributed by atoms with Crippen LogP contribution in [0.4, 0.5) is 5.69 Å². The minimum absolute atomic E-state index is 0.0216. The molecule has 4 N–H and O–H groups in total. The summed E-state index contributed by atoms with van der Waals surface area (Å²) in [6, 6.07) is 20.6. The van der Waals surface area contributed by atoms with E-state index in [4.69, 9.17) is 21.5 Å². The Morgan fingerprint density at radius 3 is 2.65 bits per heavy atom. The minimum Gasteiger partial charge on any atom is -0.490 e. The van der Waals surface area contributed by atoms with Crippen molar-refractivity contribution >= 4 is 33.3 Å². The second kappa shape index (κ2) is 13.4. The maximum absolute atomic E-state index is 12.0. The van der Waals surface area contributed by atoms with E-state index in [0.29, 0.717) is 31.9 Å². The summed E-state index contributed by atoms with van der Waals surface area (Å²) in [6.45, 7) is 1.80. The highest BCUT2D eigenvalue weighted by atomic mass is 35.5. The van der Waals surface area contributed by atoms with E-state index in [-0.39, 0.29) is 34.5 Å². The molecule has 0 amide bonds. The van der Waals surface area contributed by atoms with Gasteiger partial charge in [-0.05, 0) is 97.4 Å². The van der Waals surface area contributed by atoms with Gasteiger partial charge in [0.2, 0.25) is 10.0 Å². The van der Waals surface area contributed by atoms with Gasteiger partial charge in [0, 0.05) is 29.4 Å². The summed E-state index contributed by atoms with van der Waals surface area (Å²) in [5, 5.41) is 27.2. The van der Waals surface area contributed by atoms with Crippen molar-refractivity contribution in [2.24, 2.45) is 17.0 Å². The molecule has 244 valence electrons. The number of hydrogen-bond donors (Lipinski definition) is 3. The Kier molecular flexibility index (Phi) is 9.48. The lowest BCUT2D eigenvalue weighted by atomic mass is 9.68. The number of fused-ring (bicyclic) bond motifs is 3. The Morgan fingerprint density at radius 2 is 1.93 bits per heavy atom. The number of nitrogens with zero attached hydrogens (tertiary/aromatic N) is 1. The van der Waals surface area contributed by atoms with Crippen LogP contribution in [-0.4, -0.2) is 56.2 Å². The van der Waals surface area contributed by atoms with Crippen LogP contribution in [0, 0.1) is 11.8 Å². The number of halogens is 1. The number of carboxylic acid groups (broad SMARTS) is 1. The number of allylic oxidation sites excluding steroid dienone is 1. The van der Waals surface area contributed by atoms with Crippen molar-refractivity contribution in [1.29, 1.82) is 0 Å². The van der Waals surface area contributed by atoms with Gasteiger partial charge in [-0.1, -0.05) is 60.2 Å². The molecule has 46 heavy (non-hydrogen) atoms. The van der Waals surface area contributed by atoms with Gasteiger partial charge in [-0.25, -0.2) is 18.4 Å². The van der Waals surface area contributed by atoms with Gasteiger partial charge in [0.15, 0.2) is 0 Å². The van der Waals surface area contributed by atoms with Crippen LogP contribution in [0.5, 0.6) is 5.75 Å². The van der Waals surface area contributed by atoms with E-state index in [1.807, 2.05) is 42.5 Å². The predicted molar refractivity (Wildman–Crippen MR) is 180 cm³/mol. The smallest absolute Gasteiger partial charge is 0.335 e. The van der Waals surface area contributed by atoms with Gasteiger partial charge in [-0.2, -0.15) is 0 Å². The lowest BCUT2D eigenvalue weighted by molar-refractivity contribution is 0.0456. The lowest BCUT2D eigenvalue weighted by Gasteiger charge is -2.45. The number of sulfonamides is 1. The molecule has 2 aliphatic carbocycles. The summed E-state index contributed by atoms with van der Waals surface area (Å²) in [6.07, 6.45) is 8.13. The SMILES string of the molecule is NS(=O)(=O)C[C@@H](C/C=C/[C@H](O)[C@@H]1CC[C@H]1CN1C[C@@]2(CCCc3cc(Cl)ccc32)COc2ccc(C(=O)O)cc21)c1ccccc1. The molecule has 1 fully saturated rings. The zero-order chi connectivity index (χ0) is 32.5. The molecule has 0 aromatic heterocycles. The van der Waals surface area contributed by atoms with Crippen molar-refractivity contribution in [1.82, 2.24) is 0 Å². The molecule has 1 spiro atoms. The molecule has 10 heteroatoms. The third kappa shape index (κ3) is 7.13. The molecule has 1 saturated carbocycles. The number of benzene rings is 3. The molecular formula is C36H41ClN2O6S. The van der Waals surface area contributed by atoms with Crippen molar-refractivity contribution in [3.63, 3.8) is 0 Å². The number of primary sulfonamides is 1. The molecule has 1 aliphatic heterocycles. The maximum Gasteiger partial charge on any atom is 0.335 e. The fraction of sp³-hybridized carbons (Fsp3) is 0.417. The second-order valence-corrected chi connectivity index (χ2v) is 15.3. The average molecular weight is 665 g/mol. The van der Waals surface area contributed by atoms with E-state index in [2.05, 4.69) is 17.0 Å². The predicted octanol–water partition coefficient (Wildman–Crippen LogP) is 5.92. The second-order valence-electron chi connectivity index (χ2n) is 13.2. The van der Waals surface area contributed by atoms with Crippen LogP contribution in [0.1, 0.15) is 65.1 Å². The molecule has 0 saturated heterocycles.